The van der Waals surface area contributed by atoms with Gasteiger partial charge >= 0.3 is 0 Å². The molecular formula is C14H23NS. The van der Waals surface area contributed by atoms with Crippen LogP contribution in [-0.2, 0) is 6.42 Å². The van der Waals surface area contributed by atoms with Crippen molar-refractivity contribution >= 4 is 11.3 Å². The third kappa shape index (κ3) is 3.33. The summed E-state index contributed by atoms with van der Waals surface area (Å²) in [7, 11) is 0. The Labute approximate surface area is 103 Å². The van der Waals surface area contributed by atoms with E-state index in [0.717, 1.165) is 12.0 Å². The molecule has 1 saturated carbocycles. The molecule has 1 N–H and O–H groups in total. The van der Waals surface area contributed by atoms with E-state index >= 15 is 0 Å². The van der Waals surface area contributed by atoms with Crippen LogP contribution in [-0.4, -0.2) is 12.1 Å². The summed E-state index contributed by atoms with van der Waals surface area (Å²) >= 11 is 1.80. The number of thiophene rings is 1. The fourth-order valence-corrected chi connectivity index (χ4v) is 3.50. The lowest BCUT2D eigenvalue weighted by Gasteiger charge is -2.19. The molecule has 1 aliphatic rings. The summed E-state index contributed by atoms with van der Waals surface area (Å²) in [5.74, 6) is 0.978. The second-order valence-electron chi connectivity index (χ2n) is 5.19. The van der Waals surface area contributed by atoms with Gasteiger partial charge in [-0.3, -0.25) is 0 Å². The Bertz CT molecular complexity index is 294. The van der Waals surface area contributed by atoms with Gasteiger partial charge in [0, 0.05) is 12.1 Å². The van der Waals surface area contributed by atoms with Gasteiger partial charge in [-0.1, -0.05) is 13.3 Å². The number of rotatable bonds is 5. The quantitative estimate of drug-likeness (QED) is 0.820. The second-order valence-corrected chi connectivity index (χ2v) is 5.97. The standard InChI is InChI=1S/C14H23NS/c1-3-12-4-5-14(9-12)15-11(2)8-13-6-7-16-10-13/h6-7,10-12,14-15H,3-5,8-9H2,1-2H3. The van der Waals surface area contributed by atoms with Gasteiger partial charge in [0.15, 0.2) is 0 Å². The Hall–Kier alpha value is -0.340. The highest BCUT2D eigenvalue weighted by molar-refractivity contribution is 7.07. The van der Waals surface area contributed by atoms with Gasteiger partial charge in [-0.25, -0.2) is 0 Å². The molecule has 2 heteroatoms. The molecule has 1 aromatic heterocycles. The molecule has 0 spiro atoms. The Kier molecular flexibility index (Phi) is 4.42. The third-order valence-corrected chi connectivity index (χ3v) is 4.49. The molecule has 1 nitrogen and oxygen atoms in total. The normalized spacial score (nSPS) is 27.1. The first kappa shape index (κ1) is 12.1. The van der Waals surface area contributed by atoms with Crippen LogP contribution in [0.4, 0.5) is 0 Å². The SMILES string of the molecule is CCC1CCC(NC(C)Cc2ccsc2)C1. The van der Waals surface area contributed by atoms with Crippen LogP contribution < -0.4 is 5.32 Å². The van der Waals surface area contributed by atoms with Crippen LogP contribution in [0.2, 0.25) is 0 Å². The second kappa shape index (κ2) is 5.83. The summed E-state index contributed by atoms with van der Waals surface area (Å²) in [4.78, 5) is 0. The van der Waals surface area contributed by atoms with Crippen LogP contribution >= 0.6 is 11.3 Å². The molecular weight excluding hydrogens is 214 g/mol. The summed E-state index contributed by atoms with van der Waals surface area (Å²) in [5, 5.41) is 8.22. The minimum atomic E-state index is 0.621. The Morgan fingerprint density at radius 3 is 3.00 bits per heavy atom. The van der Waals surface area contributed by atoms with Gasteiger partial charge in [0.05, 0.1) is 0 Å². The minimum absolute atomic E-state index is 0.621. The number of hydrogen-bond acceptors (Lipinski definition) is 2. The van der Waals surface area contributed by atoms with E-state index in [4.69, 9.17) is 0 Å². The van der Waals surface area contributed by atoms with Crippen molar-refractivity contribution in [2.45, 2.75) is 58.0 Å². The Balaban J connectivity index is 1.73. The van der Waals surface area contributed by atoms with Crippen LogP contribution in [0, 0.1) is 5.92 Å². The van der Waals surface area contributed by atoms with Gasteiger partial charge in [0.2, 0.25) is 0 Å². The van der Waals surface area contributed by atoms with Crippen molar-refractivity contribution in [3.05, 3.63) is 22.4 Å². The molecule has 0 aromatic carbocycles. The molecule has 1 aliphatic carbocycles. The summed E-state index contributed by atoms with van der Waals surface area (Å²) in [5.41, 5.74) is 1.48. The smallest absolute Gasteiger partial charge is 0.00820 e. The Morgan fingerprint density at radius 2 is 2.38 bits per heavy atom. The molecule has 0 saturated heterocycles. The summed E-state index contributed by atoms with van der Waals surface area (Å²) in [6, 6.07) is 3.64. The van der Waals surface area contributed by atoms with E-state index in [2.05, 4.69) is 36.0 Å². The van der Waals surface area contributed by atoms with E-state index in [1.165, 1.54) is 37.7 Å². The van der Waals surface area contributed by atoms with Gasteiger partial charge in [0.1, 0.15) is 0 Å². The molecule has 0 radical (unpaired) electrons. The zero-order valence-electron chi connectivity index (χ0n) is 10.4. The lowest BCUT2D eigenvalue weighted by atomic mass is 10.0. The number of nitrogens with one attached hydrogen (secondary N) is 1. The van der Waals surface area contributed by atoms with E-state index in [1.807, 2.05) is 0 Å². The first-order valence-corrected chi connectivity index (χ1v) is 7.49. The maximum atomic E-state index is 3.79. The summed E-state index contributed by atoms with van der Waals surface area (Å²) in [6.07, 6.45) is 6.74. The molecule has 2 rings (SSSR count). The molecule has 16 heavy (non-hydrogen) atoms. The van der Waals surface area contributed by atoms with Gasteiger partial charge in [-0.05, 0) is 60.9 Å². The van der Waals surface area contributed by atoms with Gasteiger partial charge < -0.3 is 5.32 Å². The lowest BCUT2D eigenvalue weighted by Crippen LogP contribution is -2.36. The van der Waals surface area contributed by atoms with E-state index < -0.39 is 0 Å². The molecule has 1 fully saturated rings. The van der Waals surface area contributed by atoms with Crippen LogP contribution in [0.5, 0.6) is 0 Å². The van der Waals surface area contributed by atoms with Crippen molar-refractivity contribution in [3.63, 3.8) is 0 Å². The van der Waals surface area contributed by atoms with Crippen molar-refractivity contribution < 1.29 is 0 Å². The van der Waals surface area contributed by atoms with E-state index in [1.54, 1.807) is 11.3 Å². The molecule has 0 amide bonds. The molecule has 3 unspecified atom stereocenters. The average molecular weight is 237 g/mol. The topological polar surface area (TPSA) is 12.0 Å². The highest BCUT2D eigenvalue weighted by Gasteiger charge is 2.23. The maximum Gasteiger partial charge on any atom is 0.00820 e. The van der Waals surface area contributed by atoms with Crippen LogP contribution in [0.15, 0.2) is 16.8 Å². The van der Waals surface area contributed by atoms with Gasteiger partial charge in [-0.15, -0.1) is 0 Å². The minimum Gasteiger partial charge on any atom is -0.311 e. The predicted molar refractivity (Wildman–Crippen MR) is 72.0 cm³/mol. The van der Waals surface area contributed by atoms with Crippen molar-refractivity contribution in [3.8, 4) is 0 Å². The van der Waals surface area contributed by atoms with E-state index in [9.17, 15) is 0 Å². The lowest BCUT2D eigenvalue weighted by molar-refractivity contribution is 0.428. The van der Waals surface area contributed by atoms with Crippen molar-refractivity contribution in [1.82, 2.24) is 5.32 Å². The summed E-state index contributed by atoms with van der Waals surface area (Å²) in [6.45, 7) is 4.64. The number of hydrogen-bond donors (Lipinski definition) is 1. The van der Waals surface area contributed by atoms with E-state index in [-0.39, 0.29) is 0 Å². The van der Waals surface area contributed by atoms with Crippen LogP contribution in [0.3, 0.4) is 0 Å². The fourth-order valence-electron chi connectivity index (χ4n) is 2.82. The predicted octanol–water partition coefficient (Wildman–Crippen LogP) is 3.85. The molecule has 1 aromatic rings. The van der Waals surface area contributed by atoms with E-state index in [0.29, 0.717) is 6.04 Å². The zero-order chi connectivity index (χ0) is 11.4. The third-order valence-electron chi connectivity index (χ3n) is 3.76. The average Bonchev–Trinajstić information content (AvgIpc) is 2.89. The molecule has 0 bridgehead atoms. The zero-order valence-corrected chi connectivity index (χ0v) is 11.2. The van der Waals surface area contributed by atoms with Crippen LogP contribution in [0.25, 0.3) is 0 Å². The molecule has 3 atom stereocenters. The van der Waals surface area contributed by atoms with Gasteiger partial charge in [-0.2, -0.15) is 11.3 Å². The first-order valence-electron chi connectivity index (χ1n) is 6.55. The summed E-state index contributed by atoms with van der Waals surface area (Å²) < 4.78 is 0. The molecule has 1 heterocycles. The van der Waals surface area contributed by atoms with Crippen LogP contribution in [0.1, 0.15) is 45.1 Å². The van der Waals surface area contributed by atoms with Crippen molar-refractivity contribution in [2.75, 3.05) is 0 Å². The maximum absolute atomic E-state index is 3.79. The van der Waals surface area contributed by atoms with Crippen molar-refractivity contribution in [1.29, 1.82) is 0 Å². The largest absolute Gasteiger partial charge is 0.311 e. The van der Waals surface area contributed by atoms with Gasteiger partial charge in [0.25, 0.3) is 0 Å². The Morgan fingerprint density at radius 1 is 1.50 bits per heavy atom. The fraction of sp³-hybridized carbons (Fsp3) is 0.714. The first-order chi connectivity index (χ1) is 7.78. The molecule has 90 valence electrons. The highest BCUT2D eigenvalue weighted by Crippen LogP contribution is 2.28. The van der Waals surface area contributed by atoms with Crippen molar-refractivity contribution in [2.24, 2.45) is 5.92 Å². The monoisotopic (exact) mass is 237 g/mol. The highest BCUT2D eigenvalue weighted by atomic mass is 32.1. The molecule has 0 aliphatic heterocycles.